The summed E-state index contributed by atoms with van der Waals surface area (Å²) in [5, 5.41) is 6.70. The van der Waals surface area contributed by atoms with Gasteiger partial charge in [0.25, 0.3) is 0 Å². The first-order chi connectivity index (χ1) is 11.5. The van der Waals surface area contributed by atoms with Crippen molar-refractivity contribution >= 4 is 5.96 Å². The maximum absolute atomic E-state index is 5.33. The van der Waals surface area contributed by atoms with E-state index in [2.05, 4.69) is 41.6 Å². The molecule has 0 atom stereocenters. The molecule has 0 fully saturated rings. The molecule has 5 heteroatoms. The summed E-state index contributed by atoms with van der Waals surface area (Å²) in [4.78, 5) is 4.27. The van der Waals surface area contributed by atoms with Gasteiger partial charge >= 0.3 is 0 Å². The van der Waals surface area contributed by atoms with Crippen LogP contribution in [0.5, 0.6) is 5.75 Å². The number of nitrogens with one attached hydrogen (secondary N) is 2. The first-order valence-electron chi connectivity index (χ1n) is 8.16. The summed E-state index contributed by atoms with van der Waals surface area (Å²) in [6.45, 7) is 5.96. The fourth-order valence-electron chi connectivity index (χ4n) is 2.43. The number of hydrogen-bond acceptors (Lipinski definition) is 3. The van der Waals surface area contributed by atoms with E-state index in [-0.39, 0.29) is 5.41 Å². The maximum atomic E-state index is 5.33. The summed E-state index contributed by atoms with van der Waals surface area (Å²) >= 11 is 0. The van der Waals surface area contributed by atoms with Crippen LogP contribution in [-0.2, 0) is 11.8 Å². The van der Waals surface area contributed by atoms with Crippen molar-refractivity contribution in [2.75, 3.05) is 27.2 Å². The van der Waals surface area contributed by atoms with Crippen LogP contribution in [0.25, 0.3) is 0 Å². The molecule has 2 N–H and O–H groups in total. The Balaban J connectivity index is 1.84. The third-order valence-corrected chi connectivity index (χ3v) is 4.04. The number of benzene rings is 1. The second kappa shape index (κ2) is 8.43. The molecule has 0 spiro atoms. The van der Waals surface area contributed by atoms with Crippen LogP contribution in [0, 0.1) is 0 Å². The van der Waals surface area contributed by atoms with E-state index >= 15 is 0 Å². The molecule has 0 saturated heterocycles. The molecule has 0 aliphatic heterocycles. The van der Waals surface area contributed by atoms with Gasteiger partial charge in [0.1, 0.15) is 11.5 Å². The van der Waals surface area contributed by atoms with Crippen LogP contribution in [0.1, 0.15) is 25.2 Å². The molecule has 0 amide bonds. The second-order valence-corrected chi connectivity index (χ2v) is 6.29. The van der Waals surface area contributed by atoms with E-state index in [0.29, 0.717) is 0 Å². The lowest BCUT2D eigenvalue weighted by Gasteiger charge is -2.27. The van der Waals surface area contributed by atoms with E-state index in [4.69, 9.17) is 9.15 Å². The summed E-state index contributed by atoms with van der Waals surface area (Å²) in [6, 6.07) is 12.1. The van der Waals surface area contributed by atoms with Crippen molar-refractivity contribution in [2.45, 2.75) is 25.7 Å². The van der Waals surface area contributed by atoms with Gasteiger partial charge in [-0.05, 0) is 29.8 Å². The lowest BCUT2D eigenvalue weighted by Crippen LogP contribution is -2.44. The first kappa shape index (κ1) is 17.9. The average Bonchev–Trinajstić information content (AvgIpc) is 3.11. The molecule has 0 aliphatic rings. The Labute approximate surface area is 144 Å². The highest BCUT2D eigenvalue weighted by Crippen LogP contribution is 2.24. The minimum absolute atomic E-state index is 0.0229. The van der Waals surface area contributed by atoms with Gasteiger partial charge in [0.15, 0.2) is 5.96 Å². The van der Waals surface area contributed by atoms with Crippen molar-refractivity contribution < 1.29 is 9.15 Å². The molecule has 0 saturated carbocycles. The third kappa shape index (κ3) is 5.05. The van der Waals surface area contributed by atoms with Crippen LogP contribution in [0.15, 0.2) is 52.1 Å². The summed E-state index contributed by atoms with van der Waals surface area (Å²) in [5.41, 5.74) is 1.23. The number of furan rings is 1. The van der Waals surface area contributed by atoms with E-state index in [9.17, 15) is 0 Å². The number of ether oxygens (including phenoxy) is 1. The standard InChI is InChI=1S/C19H27N3O2/c1-19(2,15-7-9-16(23-4)10-8-15)14-22-18(20-3)21-12-11-17-6-5-13-24-17/h5-10,13H,11-12,14H2,1-4H3,(H2,20,21,22). The fourth-order valence-corrected chi connectivity index (χ4v) is 2.43. The Bertz CT molecular complexity index is 631. The predicted molar refractivity (Wildman–Crippen MR) is 97.8 cm³/mol. The van der Waals surface area contributed by atoms with Crippen LogP contribution in [-0.4, -0.2) is 33.2 Å². The number of aliphatic imine (C=N–C) groups is 1. The zero-order valence-corrected chi connectivity index (χ0v) is 14.9. The van der Waals surface area contributed by atoms with E-state index < -0.39 is 0 Å². The number of guanidine groups is 1. The predicted octanol–water partition coefficient (Wildman–Crippen LogP) is 2.97. The van der Waals surface area contributed by atoms with Gasteiger partial charge in [-0.25, -0.2) is 0 Å². The van der Waals surface area contributed by atoms with Crippen LogP contribution in [0.3, 0.4) is 0 Å². The molecule has 2 rings (SSSR count). The Morgan fingerprint density at radius 1 is 1.17 bits per heavy atom. The van der Waals surface area contributed by atoms with Gasteiger partial charge in [-0.15, -0.1) is 0 Å². The highest BCUT2D eigenvalue weighted by molar-refractivity contribution is 5.79. The van der Waals surface area contributed by atoms with Crippen LogP contribution in [0.2, 0.25) is 0 Å². The molecular weight excluding hydrogens is 302 g/mol. The number of rotatable bonds is 7. The van der Waals surface area contributed by atoms with Crippen molar-refractivity contribution in [3.05, 3.63) is 54.0 Å². The first-order valence-corrected chi connectivity index (χ1v) is 8.16. The largest absolute Gasteiger partial charge is 0.497 e. The smallest absolute Gasteiger partial charge is 0.191 e. The SMILES string of the molecule is CN=C(NCCc1ccco1)NCC(C)(C)c1ccc(OC)cc1. The number of nitrogens with zero attached hydrogens (tertiary/aromatic N) is 1. The lowest BCUT2D eigenvalue weighted by molar-refractivity contribution is 0.414. The molecule has 1 aromatic carbocycles. The van der Waals surface area contributed by atoms with Gasteiger partial charge < -0.3 is 19.8 Å². The number of methoxy groups -OCH3 is 1. The zero-order chi connectivity index (χ0) is 17.4. The summed E-state index contributed by atoms with van der Waals surface area (Å²) in [6.07, 6.45) is 2.52. The highest BCUT2D eigenvalue weighted by atomic mass is 16.5. The van der Waals surface area contributed by atoms with Crippen LogP contribution < -0.4 is 15.4 Å². The van der Waals surface area contributed by atoms with Gasteiger partial charge in [0, 0.05) is 32.0 Å². The molecule has 2 aromatic rings. The molecule has 0 bridgehead atoms. The summed E-state index contributed by atoms with van der Waals surface area (Å²) in [5.74, 6) is 2.64. The summed E-state index contributed by atoms with van der Waals surface area (Å²) < 4.78 is 10.5. The quantitative estimate of drug-likeness (QED) is 0.606. The number of hydrogen-bond donors (Lipinski definition) is 2. The minimum atomic E-state index is -0.0229. The molecule has 0 radical (unpaired) electrons. The van der Waals surface area contributed by atoms with Gasteiger partial charge in [0.2, 0.25) is 0 Å². The summed E-state index contributed by atoms with van der Waals surface area (Å²) in [7, 11) is 3.46. The van der Waals surface area contributed by atoms with E-state index in [1.165, 1.54) is 5.56 Å². The maximum Gasteiger partial charge on any atom is 0.191 e. The van der Waals surface area contributed by atoms with Crippen molar-refractivity contribution in [2.24, 2.45) is 4.99 Å². The van der Waals surface area contributed by atoms with Crippen molar-refractivity contribution in [1.82, 2.24) is 10.6 Å². The normalized spacial score (nSPS) is 12.1. The Hall–Kier alpha value is -2.43. The molecule has 0 aliphatic carbocycles. The molecule has 5 nitrogen and oxygen atoms in total. The molecule has 1 heterocycles. The van der Waals surface area contributed by atoms with Crippen molar-refractivity contribution in [3.63, 3.8) is 0 Å². The average molecular weight is 329 g/mol. The van der Waals surface area contributed by atoms with E-state index in [1.807, 2.05) is 24.3 Å². The van der Waals surface area contributed by atoms with Crippen LogP contribution >= 0.6 is 0 Å². The van der Waals surface area contributed by atoms with Crippen molar-refractivity contribution in [1.29, 1.82) is 0 Å². The van der Waals surface area contributed by atoms with Gasteiger partial charge in [-0.1, -0.05) is 26.0 Å². The van der Waals surface area contributed by atoms with Gasteiger partial charge in [-0.2, -0.15) is 0 Å². The Morgan fingerprint density at radius 2 is 1.92 bits per heavy atom. The Morgan fingerprint density at radius 3 is 2.50 bits per heavy atom. The topological polar surface area (TPSA) is 58.8 Å². The Kier molecular flexibility index (Phi) is 6.29. The third-order valence-electron chi connectivity index (χ3n) is 4.04. The molecule has 130 valence electrons. The van der Waals surface area contributed by atoms with Crippen molar-refractivity contribution in [3.8, 4) is 5.75 Å². The molecule has 1 aromatic heterocycles. The zero-order valence-electron chi connectivity index (χ0n) is 14.9. The van der Waals surface area contributed by atoms with Gasteiger partial charge in [-0.3, -0.25) is 4.99 Å². The molecular formula is C19H27N3O2. The lowest BCUT2D eigenvalue weighted by atomic mass is 9.84. The van der Waals surface area contributed by atoms with E-state index in [0.717, 1.165) is 37.0 Å². The monoisotopic (exact) mass is 329 g/mol. The highest BCUT2D eigenvalue weighted by Gasteiger charge is 2.21. The molecule has 24 heavy (non-hydrogen) atoms. The van der Waals surface area contributed by atoms with E-state index in [1.54, 1.807) is 20.4 Å². The molecule has 0 unspecified atom stereocenters. The minimum Gasteiger partial charge on any atom is -0.497 e. The van der Waals surface area contributed by atoms with Crippen LogP contribution in [0.4, 0.5) is 0 Å². The van der Waals surface area contributed by atoms with Gasteiger partial charge in [0.05, 0.1) is 13.4 Å². The fraction of sp³-hybridized carbons (Fsp3) is 0.421. The second-order valence-electron chi connectivity index (χ2n) is 6.29.